The van der Waals surface area contributed by atoms with Gasteiger partial charge in [-0.2, -0.15) is 0 Å². The SMILES string of the molecule is CN(C)CC(=O)Nc1cccc(CNC(=O)c2ccccc2OCc2ccccc2Br)c1. The van der Waals surface area contributed by atoms with Crippen LogP contribution >= 0.6 is 15.9 Å². The molecule has 3 aromatic rings. The molecule has 0 bridgehead atoms. The quantitative estimate of drug-likeness (QED) is 0.459. The number of hydrogen-bond acceptors (Lipinski definition) is 4. The van der Waals surface area contributed by atoms with Gasteiger partial charge >= 0.3 is 0 Å². The van der Waals surface area contributed by atoms with E-state index in [0.717, 1.165) is 15.6 Å². The molecule has 0 heterocycles. The fourth-order valence-electron chi connectivity index (χ4n) is 3.08. The Morgan fingerprint density at radius 1 is 0.969 bits per heavy atom. The van der Waals surface area contributed by atoms with Gasteiger partial charge in [-0.15, -0.1) is 0 Å². The number of hydrogen-bond donors (Lipinski definition) is 2. The van der Waals surface area contributed by atoms with Crippen LogP contribution in [0.2, 0.25) is 0 Å². The number of benzene rings is 3. The minimum Gasteiger partial charge on any atom is -0.488 e. The standard InChI is InChI=1S/C25H26BrN3O3/c1-29(2)16-24(30)28-20-10-7-8-18(14-20)15-27-25(31)21-11-4-6-13-23(21)32-17-19-9-3-5-12-22(19)26/h3-14H,15-17H2,1-2H3,(H,27,31)(H,28,30). The van der Waals surface area contributed by atoms with Gasteiger partial charge in [-0.1, -0.05) is 58.4 Å². The molecule has 3 aromatic carbocycles. The predicted octanol–water partition coefficient (Wildman–Crippen LogP) is 4.46. The van der Waals surface area contributed by atoms with Crippen LogP contribution in [0.1, 0.15) is 21.5 Å². The number of ether oxygens (including phenoxy) is 1. The summed E-state index contributed by atoms with van der Waals surface area (Å²) < 4.78 is 6.89. The second-order valence-electron chi connectivity index (χ2n) is 7.55. The lowest BCUT2D eigenvalue weighted by Gasteiger charge is -2.13. The van der Waals surface area contributed by atoms with Crippen LogP contribution < -0.4 is 15.4 Å². The number of anilines is 1. The molecule has 0 saturated heterocycles. The van der Waals surface area contributed by atoms with Gasteiger partial charge < -0.3 is 20.3 Å². The van der Waals surface area contributed by atoms with Crippen LogP contribution in [-0.4, -0.2) is 37.4 Å². The molecule has 7 heteroatoms. The van der Waals surface area contributed by atoms with E-state index in [0.29, 0.717) is 36.7 Å². The van der Waals surface area contributed by atoms with Crippen molar-refractivity contribution in [3.05, 3.63) is 94.0 Å². The van der Waals surface area contributed by atoms with Crippen molar-refractivity contribution in [3.8, 4) is 5.75 Å². The van der Waals surface area contributed by atoms with E-state index in [4.69, 9.17) is 4.74 Å². The molecule has 0 aliphatic rings. The van der Waals surface area contributed by atoms with Crippen LogP contribution in [0.5, 0.6) is 5.75 Å². The molecule has 2 amide bonds. The Kier molecular flexibility index (Phi) is 8.41. The van der Waals surface area contributed by atoms with Crippen molar-refractivity contribution in [2.24, 2.45) is 0 Å². The molecule has 0 spiro atoms. The third-order valence-electron chi connectivity index (χ3n) is 4.60. The number of nitrogens with one attached hydrogen (secondary N) is 2. The van der Waals surface area contributed by atoms with Crippen LogP contribution in [0.25, 0.3) is 0 Å². The number of carbonyl (C=O) groups excluding carboxylic acids is 2. The fraction of sp³-hybridized carbons (Fsp3) is 0.200. The summed E-state index contributed by atoms with van der Waals surface area (Å²) in [5, 5.41) is 5.79. The lowest BCUT2D eigenvalue weighted by atomic mass is 10.1. The van der Waals surface area contributed by atoms with Crippen LogP contribution in [0.4, 0.5) is 5.69 Å². The van der Waals surface area contributed by atoms with Crippen LogP contribution in [-0.2, 0) is 17.9 Å². The number of rotatable bonds is 9. The minimum absolute atomic E-state index is 0.0904. The molecule has 32 heavy (non-hydrogen) atoms. The van der Waals surface area contributed by atoms with Crippen LogP contribution in [0.15, 0.2) is 77.3 Å². The molecule has 166 valence electrons. The average Bonchev–Trinajstić information content (AvgIpc) is 2.77. The average molecular weight is 496 g/mol. The smallest absolute Gasteiger partial charge is 0.255 e. The van der Waals surface area contributed by atoms with Crippen molar-refractivity contribution >= 4 is 33.4 Å². The molecule has 0 saturated carbocycles. The van der Waals surface area contributed by atoms with Gasteiger partial charge in [-0.25, -0.2) is 0 Å². The van der Waals surface area contributed by atoms with E-state index < -0.39 is 0 Å². The largest absolute Gasteiger partial charge is 0.488 e. The van der Waals surface area contributed by atoms with E-state index in [1.165, 1.54) is 0 Å². The Morgan fingerprint density at radius 3 is 2.50 bits per heavy atom. The molecule has 0 unspecified atom stereocenters. The van der Waals surface area contributed by atoms with Gasteiger partial charge in [0.05, 0.1) is 12.1 Å². The number of para-hydroxylation sites is 1. The van der Waals surface area contributed by atoms with Crippen LogP contribution in [0, 0.1) is 0 Å². The van der Waals surface area contributed by atoms with E-state index in [1.54, 1.807) is 23.1 Å². The Morgan fingerprint density at radius 2 is 1.72 bits per heavy atom. The summed E-state index contributed by atoms with van der Waals surface area (Å²) in [4.78, 5) is 26.6. The van der Waals surface area contributed by atoms with Crippen molar-refractivity contribution in [2.45, 2.75) is 13.2 Å². The van der Waals surface area contributed by atoms with Crippen molar-refractivity contribution in [1.82, 2.24) is 10.2 Å². The molecule has 2 N–H and O–H groups in total. The summed E-state index contributed by atoms with van der Waals surface area (Å²) in [6.45, 7) is 0.979. The lowest BCUT2D eigenvalue weighted by Crippen LogP contribution is -2.27. The number of halogens is 1. The van der Waals surface area contributed by atoms with E-state index >= 15 is 0 Å². The molecule has 0 radical (unpaired) electrons. The Labute approximate surface area is 196 Å². The molecule has 0 aromatic heterocycles. The number of nitrogens with zero attached hydrogens (tertiary/aromatic N) is 1. The van der Waals surface area contributed by atoms with E-state index in [9.17, 15) is 9.59 Å². The van der Waals surface area contributed by atoms with Gasteiger partial charge in [0.15, 0.2) is 0 Å². The topological polar surface area (TPSA) is 70.7 Å². The molecule has 0 aliphatic heterocycles. The molecular formula is C25H26BrN3O3. The van der Waals surface area contributed by atoms with Crippen molar-refractivity contribution in [1.29, 1.82) is 0 Å². The molecule has 0 aliphatic carbocycles. The van der Waals surface area contributed by atoms with E-state index in [-0.39, 0.29) is 11.8 Å². The highest BCUT2D eigenvalue weighted by molar-refractivity contribution is 9.10. The molecule has 3 rings (SSSR count). The number of likely N-dealkylation sites (N-methyl/N-ethyl adjacent to an activating group) is 1. The Bertz CT molecular complexity index is 1090. The van der Waals surface area contributed by atoms with Crippen molar-refractivity contribution in [2.75, 3.05) is 26.0 Å². The van der Waals surface area contributed by atoms with E-state index in [1.807, 2.05) is 68.7 Å². The van der Waals surface area contributed by atoms with Gasteiger partial charge in [-0.05, 0) is 50.0 Å². The molecular weight excluding hydrogens is 470 g/mol. The first-order valence-corrected chi connectivity index (χ1v) is 11.0. The maximum atomic E-state index is 12.8. The molecule has 0 atom stereocenters. The van der Waals surface area contributed by atoms with Crippen LogP contribution in [0.3, 0.4) is 0 Å². The van der Waals surface area contributed by atoms with Crippen molar-refractivity contribution in [3.63, 3.8) is 0 Å². The summed E-state index contributed by atoms with van der Waals surface area (Å²) in [6, 6.07) is 22.4. The normalized spacial score (nSPS) is 10.6. The van der Waals surface area contributed by atoms with Gasteiger partial charge in [-0.3, -0.25) is 9.59 Å². The minimum atomic E-state index is -0.227. The first-order chi connectivity index (χ1) is 15.4. The third-order valence-corrected chi connectivity index (χ3v) is 5.37. The summed E-state index contributed by atoms with van der Waals surface area (Å²) in [6.07, 6.45) is 0. The first-order valence-electron chi connectivity index (χ1n) is 10.2. The zero-order chi connectivity index (χ0) is 22.9. The van der Waals surface area contributed by atoms with Crippen molar-refractivity contribution < 1.29 is 14.3 Å². The third kappa shape index (κ3) is 6.93. The summed E-state index contributed by atoms with van der Waals surface area (Å²) in [5.74, 6) is 0.201. The highest BCUT2D eigenvalue weighted by Gasteiger charge is 2.13. The zero-order valence-electron chi connectivity index (χ0n) is 18.1. The summed E-state index contributed by atoms with van der Waals surface area (Å²) in [7, 11) is 3.68. The molecule has 6 nitrogen and oxygen atoms in total. The first kappa shape index (κ1) is 23.5. The Hall–Kier alpha value is -3.16. The number of amides is 2. The lowest BCUT2D eigenvalue weighted by molar-refractivity contribution is -0.116. The maximum Gasteiger partial charge on any atom is 0.255 e. The van der Waals surface area contributed by atoms with Gasteiger partial charge in [0.1, 0.15) is 12.4 Å². The predicted molar refractivity (Wildman–Crippen MR) is 130 cm³/mol. The highest BCUT2D eigenvalue weighted by atomic mass is 79.9. The second-order valence-corrected chi connectivity index (χ2v) is 8.40. The maximum absolute atomic E-state index is 12.8. The summed E-state index contributed by atoms with van der Waals surface area (Å²) >= 11 is 3.51. The van der Waals surface area contributed by atoms with Gasteiger partial charge in [0, 0.05) is 22.3 Å². The number of carbonyl (C=O) groups is 2. The second kappa shape index (κ2) is 11.5. The summed E-state index contributed by atoms with van der Waals surface area (Å²) in [5.41, 5.74) is 3.04. The van der Waals surface area contributed by atoms with Gasteiger partial charge in [0.2, 0.25) is 5.91 Å². The Balaban J connectivity index is 1.61. The van der Waals surface area contributed by atoms with Gasteiger partial charge in [0.25, 0.3) is 5.91 Å². The fourth-order valence-corrected chi connectivity index (χ4v) is 3.47. The monoisotopic (exact) mass is 495 g/mol. The molecule has 0 fully saturated rings. The highest BCUT2D eigenvalue weighted by Crippen LogP contribution is 2.22. The van der Waals surface area contributed by atoms with E-state index in [2.05, 4.69) is 26.6 Å². The zero-order valence-corrected chi connectivity index (χ0v) is 19.7.